The maximum Gasteiger partial charge on any atom is 0.106 e. The summed E-state index contributed by atoms with van der Waals surface area (Å²) >= 11 is 1.95. The molecule has 3 aromatic heterocycles. The topological polar surface area (TPSA) is 18.1 Å². The van der Waals surface area contributed by atoms with Crippen LogP contribution in [0.1, 0.15) is 157 Å². The van der Waals surface area contributed by atoms with Crippen molar-refractivity contribution in [2.24, 2.45) is 0 Å². The van der Waals surface area contributed by atoms with Crippen LogP contribution in [0.25, 0.3) is 0 Å². The Balaban J connectivity index is 0.000000264. The summed E-state index contributed by atoms with van der Waals surface area (Å²) in [6, 6.07) is 11.5. The van der Waals surface area contributed by atoms with Crippen LogP contribution in [0.2, 0.25) is 0 Å². The molecular weight excluding hydrogens is 446 g/mol. The zero-order valence-electron chi connectivity index (χ0n) is 25.1. The molecule has 0 amide bonds. The van der Waals surface area contributed by atoms with Crippen molar-refractivity contribution >= 4 is 11.3 Å². The molecule has 35 heavy (non-hydrogen) atoms. The van der Waals surface area contributed by atoms with Crippen LogP contribution in [-0.2, 0) is 0 Å². The number of furan rings is 1. The molecular formula is C32H53NOS. The van der Waals surface area contributed by atoms with E-state index in [0.717, 1.165) is 11.5 Å². The highest BCUT2D eigenvalue weighted by Crippen LogP contribution is 2.29. The summed E-state index contributed by atoms with van der Waals surface area (Å²) in [5.41, 5.74) is 4.31. The molecule has 0 atom stereocenters. The van der Waals surface area contributed by atoms with Gasteiger partial charge in [0.15, 0.2) is 0 Å². The molecule has 0 spiro atoms. The number of hydrogen-bond acceptors (Lipinski definition) is 2. The first-order chi connectivity index (χ1) is 16.2. The summed E-state index contributed by atoms with van der Waals surface area (Å²) in [7, 11) is 0. The van der Waals surface area contributed by atoms with Gasteiger partial charge in [0.2, 0.25) is 0 Å². The maximum atomic E-state index is 5.61. The molecule has 3 aromatic rings. The molecule has 0 aliphatic carbocycles. The van der Waals surface area contributed by atoms with Crippen molar-refractivity contribution in [3.63, 3.8) is 0 Å². The Morgan fingerprint density at radius 3 is 1.23 bits per heavy atom. The number of thiophene rings is 1. The Hall–Kier alpha value is -1.74. The second-order valence-corrected chi connectivity index (χ2v) is 12.7. The van der Waals surface area contributed by atoms with E-state index in [0.29, 0.717) is 35.6 Å². The van der Waals surface area contributed by atoms with Gasteiger partial charge in [-0.15, -0.1) is 11.3 Å². The van der Waals surface area contributed by atoms with E-state index in [1.807, 2.05) is 11.3 Å². The monoisotopic (exact) mass is 499 g/mol. The average molecular weight is 500 g/mol. The Kier molecular flexibility index (Phi) is 12.6. The standard InChI is InChI=1S/C12H21N.C10H16O.C10H16S/c1-8(2)12-7-10(5)13(9(3)4)11(12)6;2*1-7(2)9-5-6-10(11-9)8(3)4/h7-9H,1-6H3;2*5-8H,1-4H3. The summed E-state index contributed by atoms with van der Waals surface area (Å²) in [6.45, 7) is 31.0. The van der Waals surface area contributed by atoms with Gasteiger partial charge >= 0.3 is 0 Å². The van der Waals surface area contributed by atoms with Gasteiger partial charge in [-0.05, 0) is 81.3 Å². The van der Waals surface area contributed by atoms with Crippen molar-refractivity contribution in [3.8, 4) is 0 Å². The van der Waals surface area contributed by atoms with Gasteiger partial charge < -0.3 is 8.98 Å². The van der Waals surface area contributed by atoms with Crippen LogP contribution in [-0.4, -0.2) is 4.57 Å². The molecule has 3 rings (SSSR count). The molecule has 0 saturated heterocycles. The molecule has 0 aliphatic rings. The van der Waals surface area contributed by atoms with E-state index >= 15 is 0 Å². The molecule has 0 saturated carbocycles. The van der Waals surface area contributed by atoms with Gasteiger partial charge in [0.05, 0.1) is 0 Å². The van der Waals surface area contributed by atoms with Crippen LogP contribution in [0, 0.1) is 13.8 Å². The Morgan fingerprint density at radius 1 is 0.600 bits per heavy atom. The quantitative estimate of drug-likeness (QED) is 0.330. The lowest BCUT2D eigenvalue weighted by molar-refractivity contribution is 0.432. The Morgan fingerprint density at radius 2 is 1.03 bits per heavy atom. The highest BCUT2D eigenvalue weighted by Gasteiger charge is 2.13. The zero-order valence-corrected chi connectivity index (χ0v) is 25.9. The fourth-order valence-electron chi connectivity index (χ4n) is 4.16. The van der Waals surface area contributed by atoms with E-state index in [4.69, 9.17) is 4.42 Å². The lowest BCUT2D eigenvalue weighted by atomic mass is 10.0. The Labute approximate surface area is 221 Å². The second-order valence-electron chi connectivity index (χ2n) is 11.5. The van der Waals surface area contributed by atoms with Crippen LogP contribution in [0.4, 0.5) is 0 Å². The molecule has 0 radical (unpaired) electrons. The molecule has 0 fully saturated rings. The fraction of sp³-hybridized carbons (Fsp3) is 0.625. The van der Waals surface area contributed by atoms with E-state index in [-0.39, 0.29) is 0 Å². The number of nitrogens with zero attached hydrogens (tertiary/aromatic N) is 1. The molecule has 0 bridgehead atoms. The third kappa shape index (κ3) is 9.33. The van der Waals surface area contributed by atoms with E-state index in [9.17, 15) is 0 Å². The highest BCUT2D eigenvalue weighted by molar-refractivity contribution is 7.12. The molecule has 198 valence electrons. The van der Waals surface area contributed by atoms with Gasteiger partial charge in [-0.1, -0.05) is 69.2 Å². The van der Waals surface area contributed by atoms with Crippen LogP contribution in [0.15, 0.2) is 34.7 Å². The van der Waals surface area contributed by atoms with Gasteiger partial charge in [0, 0.05) is 39.0 Å². The predicted octanol–water partition coefficient (Wildman–Crippen LogP) is 11.3. The van der Waals surface area contributed by atoms with Crippen LogP contribution < -0.4 is 0 Å². The average Bonchev–Trinajstić information content (AvgIpc) is 3.47. The largest absolute Gasteiger partial charge is 0.466 e. The molecule has 0 unspecified atom stereocenters. The van der Waals surface area contributed by atoms with Crippen molar-refractivity contribution in [3.05, 3.63) is 68.6 Å². The first kappa shape index (κ1) is 31.3. The highest BCUT2D eigenvalue weighted by atomic mass is 32.1. The Bertz CT molecular complexity index is 900. The fourth-order valence-corrected chi connectivity index (χ4v) is 5.18. The summed E-state index contributed by atoms with van der Waals surface area (Å²) in [4.78, 5) is 3.02. The molecule has 3 heteroatoms. The number of aromatic nitrogens is 1. The van der Waals surface area contributed by atoms with Crippen LogP contribution >= 0.6 is 11.3 Å². The van der Waals surface area contributed by atoms with Crippen LogP contribution in [0.3, 0.4) is 0 Å². The van der Waals surface area contributed by atoms with Gasteiger partial charge in [-0.25, -0.2) is 0 Å². The predicted molar refractivity (Wildman–Crippen MR) is 158 cm³/mol. The van der Waals surface area contributed by atoms with Gasteiger partial charge in [0.1, 0.15) is 11.5 Å². The minimum absolute atomic E-state index is 0.502. The minimum Gasteiger partial charge on any atom is -0.466 e. The van der Waals surface area contributed by atoms with Crippen molar-refractivity contribution in [2.75, 3.05) is 0 Å². The zero-order chi connectivity index (χ0) is 27.0. The lowest BCUT2D eigenvalue weighted by Crippen LogP contribution is -2.05. The third-order valence-corrected chi connectivity index (χ3v) is 7.92. The summed E-state index contributed by atoms with van der Waals surface area (Å²) in [5, 5.41) is 0. The number of hydrogen-bond donors (Lipinski definition) is 0. The molecule has 3 heterocycles. The normalized spacial score (nSPS) is 11.5. The van der Waals surface area contributed by atoms with Crippen molar-refractivity contribution in [1.82, 2.24) is 4.57 Å². The van der Waals surface area contributed by atoms with E-state index in [1.54, 1.807) is 0 Å². The first-order valence-corrected chi connectivity index (χ1v) is 14.4. The smallest absolute Gasteiger partial charge is 0.106 e. The van der Waals surface area contributed by atoms with E-state index in [2.05, 4.69) is 132 Å². The van der Waals surface area contributed by atoms with Gasteiger partial charge in [0.25, 0.3) is 0 Å². The summed E-state index contributed by atoms with van der Waals surface area (Å²) in [6.07, 6.45) is 0. The van der Waals surface area contributed by atoms with Crippen molar-refractivity contribution in [2.45, 2.75) is 133 Å². The molecule has 0 aliphatic heterocycles. The molecule has 0 aromatic carbocycles. The lowest BCUT2D eigenvalue weighted by Gasteiger charge is -2.14. The number of aryl methyl sites for hydroxylation is 1. The van der Waals surface area contributed by atoms with Crippen LogP contribution in [0.5, 0.6) is 0 Å². The first-order valence-electron chi connectivity index (χ1n) is 13.5. The third-order valence-electron chi connectivity index (χ3n) is 6.23. The van der Waals surface area contributed by atoms with Gasteiger partial charge in [-0.3, -0.25) is 0 Å². The summed E-state index contributed by atoms with van der Waals surface area (Å²) in [5.74, 6) is 5.20. The van der Waals surface area contributed by atoms with E-state index < -0.39 is 0 Å². The summed E-state index contributed by atoms with van der Waals surface area (Å²) < 4.78 is 8.02. The SMILES string of the molecule is CC(C)c1ccc(C(C)C)o1.CC(C)c1ccc(C(C)C)s1.Cc1cc(C(C)C)c(C)n1C(C)C. The van der Waals surface area contributed by atoms with Crippen molar-refractivity contribution < 1.29 is 4.42 Å². The van der Waals surface area contributed by atoms with Crippen molar-refractivity contribution in [1.29, 1.82) is 0 Å². The second kappa shape index (κ2) is 14.1. The van der Waals surface area contributed by atoms with E-state index in [1.165, 1.54) is 26.7 Å². The van der Waals surface area contributed by atoms with Gasteiger partial charge in [-0.2, -0.15) is 0 Å². The maximum absolute atomic E-state index is 5.61. The number of rotatable bonds is 6. The molecule has 0 N–H and O–H groups in total. The minimum atomic E-state index is 0.502. The molecule has 2 nitrogen and oxygen atoms in total.